The van der Waals surface area contributed by atoms with Gasteiger partial charge in [-0.05, 0) is 19.8 Å². The van der Waals surface area contributed by atoms with Gasteiger partial charge < -0.3 is 5.32 Å². The van der Waals surface area contributed by atoms with Crippen LogP contribution in [0.15, 0.2) is 24.9 Å². The lowest BCUT2D eigenvalue weighted by Gasteiger charge is -2.11. The fourth-order valence-electron chi connectivity index (χ4n) is 1.18. The van der Waals surface area contributed by atoms with Crippen LogP contribution in [0.1, 0.15) is 19.8 Å². The molecular formula is C10H17N3. The van der Waals surface area contributed by atoms with Gasteiger partial charge in [-0.15, -0.1) is 6.58 Å². The van der Waals surface area contributed by atoms with Crippen molar-refractivity contribution in [3.8, 4) is 0 Å². The van der Waals surface area contributed by atoms with E-state index in [0.717, 1.165) is 18.7 Å². The third kappa shape index (κ3) is 3.32. The van der Waals surface area contributed by atoms with Gasteiger partial charge in [0.25, 0.3) is 0 Å². The molecule has 1 aromatic heterocycles. The van der Waals surface area contributed by atoms with Gasteiger partial charge in [0.2, 0.25) is 0 Å². The van der Waals surface area contributed by atoms with Gasteiger partial charge in [-0.1, -0.05) is 6.08 Å². The molecule has 1 heterocycles. The average Bonchev–Trinajstić information content (AvgIpc) is 2.48. The monoisotopic (exact) mass is 179 g/mol. The van der Waals surface area contributed by atoms with Crippen LogP contribution < -0.4 is 5.32 Å². The molecule has 0 saturated carbocycles. The Morgan fingerprint density at radius 3 is 3.08 bits per heavy atom. The molecule has 1 atom stereocenters. The summed E-state index contributed by atoms with van der Waals surface area (Å²) in [5.74, 6) is 0.944. The van der Waals surface area contributed by atoms with Crippen LogP contribution in [0.4, 0.5) is 5.82 Å². The summed E-state index contributed by atoms with van der Waals surface area (Å²) in [6.45, 7) is 5.85. The standard InChI is InChI=1S/C10H17N3/c1-4-5-6-9(2)11-10-7-8-13(3)12-10/h4,7-9H,1,5-6H2,2-3H3,(H,11,12)/t9-/m0/s1. The quantitative estimate of drug-likeness (QED) is 0.702. The highest BCUT2D eigenvalue weighted by atomic mass is 15.3. The van der Waals surface area contributed by atoms with Crippen molar-refractivity contribution in [3.05, 3.63) is 24.9 Å². The van der Waals surface area contributed by atoms with E-state index in [-0.39, 0.29) is 0 Å². The van der Waals surface area contributed by atoms with E-state index in [1.807, 2.05) is 25.4 Å². The Morgan fingerprint density at radius 2 is 2.54 bits per heavy atom. The van der Waals surface area contributed by atoms with E-state index in [2.05, 4.69) is 23.9 Å². The number of nitrogens with one attached hydrogen (secondary N) is 1. The predicted molar refractivity (Wildman–Crippen MR) is 55.7 cm³/mol. The number of aryl methyl sites for hydroxylation is 1. The van der Waals surface area contributed by atoms with Gasteiger partial charge in [0, 0.05) is 25.4 Å². The van der Waals surface area contributed by atoms with Crippen molar-refractivity contribution >= 4 is 5.82 Å². The summed E-state index contributed by atoms with van der Waals surface area (Å²) in [5.41, 5.74) is 0. The first kappa shape index (κ1) is 9.84. The minimum atomic E-state index is 0.452. The van der Waals surface area contributed by atoms with Crippen LogP contribution in [0.5, 0.6) is 0 Å². The third-order valence-corrected chi connectivity index (χ3v) is 1.91. The fourth-order valence-corrected chi connectivity index (χ4v) is 1.18. The number of nitrogens with zero attached hydrogens (tertiary/aromatic N) is 2. The van der Waals surface area contributed by atoms with Gasteiger partial charge in [0.05, 0.1) is 0 Å². The van der Waals surface area contributed by atoms with Crippen LogP contribution in [-0.2, 0) is 7.05 Å². The Hall–Kier alpha value is -1.25. The zero-order valence-electron chi connectivity index (χ0n) is 8.33. The molecule has 1 rings (SSSR count). The maximum absolute atomic E-state index is 4.24. The average molecular weight is 179 g/mol. The topological polar surface area (TPSA) is 29.9 Å². The highest BCUT2D eigenvalue weighted by Crippen LogP contribution is 2.06. The molecule has 1 aromatic rings. The number of rotatable bonds is 5. The van der Waals surface area contributed by atoms with Crippen LogP contribution in [0.3, 0.4) is 0 Å². The van der Waals surface area contributed by atoms with Crippen molar-refractivity contribution in [2.45, 2.75) is 25.8 Å². The summed E-state index contributed by atoms with van der Waals surface area (Å²) in [6.07, 6.45) is 6.01. The molecule has 0 aliphatic rings. The molecule has 1 N–H and O–H groups in total. The largest absolute Gasteiger partial charge is 0.366 e. The molecule has 13 heavy (non-hydrogen) atoms. The van der Waals surface area contributed by atoms with Crippen molar-refractivity contribution in [3.63, 3.8) is 0 Å². The normalized spacial score (nSPS) is 12.5. The maximum Gasteiger partial charge on any atom is 0.148 e. The van der Waals surface area contributed by atoms with Gasteiger partial charge in [-0.25, -0.2) is 0 Å². The second kappa shape index (κ2) is 4.70. The predicted octanol–water partition coefficient (Wildman–Crippen LogP) is 2.19. The van der Waals surface area contributed by atoms with Crippen LogP contribution in [-0.4, -0.2) is 15.8 Å². The SMILES string of the molecule is C=CCC[C@H](C)Nc1ccn(C)n1. The maximum atomic E-state index is 4.24. The smallest absolute Gasteiger partial charge is 0.148 e. The Morgan fingerprint density at radius 1 is 1.77 bits per heavy atom. The Balaban J connectivity index is 2.35. The molecule has 0 aromatic carbocycles. The first-order valence-corrected chi connectivity index (χ1v) is 4.59. The number of aromatic nitrogens is 2. The molecule has 0 unspecified atom stereocenters. The second-order valence-corrected chi connectivity index (χ2v) is 3.29. The Labute approximate surface area is 79.5 Å². The summed E-state index contributed by atoms with van der Waals surface area (Å²) in [5, 5.41) is 7.56. The highest BCUT2D eigenvalue weighted by Gasteiger charge is 2.01. The van der Waals surface area contributed by atoms with Gasteiger partial charge in [-0.3, -0.25) is 4.68 Å². The van der Waals surface area contributed by atoms with Gasteiger partial charge in [0.1, 0.15) is 5.82 Å². The summed E-state index contributed by atoms with van der Waals surface area (Å²) in [6, 6.07) is 2.43. The zero-order valence-corrected chi connectivity index (χ0v) is 8.33. The minimum absolute atomic E-state index is 0.452. The number of hydrogen-bond acceptors (Lipinski definition) is 2. The molecule has 72 valence electrons. The Kier molecular flexibility index (Phi) is 3.55. The molecule has 0 spiro atoms. The number of allylic oxidation sites excluding steroid dienone is 1. The van der Waals surface area contributed by atoms with E-state index in [9.17, 15) is 0 Å². The van der Waals surface area contributed by atoms with Crippen molar-refractivity contribution < 1.29 is 0 Å². The molecule has 0 saturated heterocycles. The summed E-state index contributed by atoms with van der Waals surface area (Å²) in [4.78, 5) is 0. The number of anilines is 1. The van der Waals surface area contributed by atoms with Crippen molar-refractivity contribution in [2.75, 3.05) is 5.32 Å². The lowest BCUT2D eigenvalue weighted by Crippen LogP contribution is -2.15. The van der Waals surface area contributed by atoms with Crippen LogP contribution in [0, 0.1) is 0 Å². The van der Waals surface area contributed by atoms with Gasteiger partial charge in [-0.2, -0.15) is 5.10 Å². The van der Waals surface area contributed by atoms with Crippen LogP contribution >= 0.6 is 0 Å². The first-order chi connectivity index (χ1) is 6.22. The van der Waals surface area contributed by atoms with Gasteiger partial charge >= 0.3 is 0 Å². The van der Waals surface area contributed by atoms with Crippen molar-refractivity contribution in [1.82, 2.24) is 9.78 Å². The molecule has 3 heteroatoms. The van der Waals surface area contributed by atoms with E-state index >= 15 is 0 Å². The molecule has 3 nitrogen and oxygen atoms in total. The molecule has 0 fully saturated rings. The van der Waals surface area contributed by atoms with E-state index in [1.54, 1.807) is 4.68 Å². The van der Waals surface area contributed by atoms with Crippen molar-refractivity contribution in [1.29, 1.82) is 0 Å². The lowest BCUT2D eigenvalue weighted by molar-refractivity contribution is 0.704. The van der Waals surface area contributed by atoms with Gasteiger partial charge in [0.15, 0.2) is 0 Å². The molecule has 0 aliphatic heterocycles. The second-order valence-electron chi connectivity index (χ2n) is 3.29. The molecular weight excluding hydrogens is 162 g/mol. The summed E-state index contributed by atoms with van der Waals surface area (Å²) in [7, 11) is 1.92. The zero-order chi connectivity index (χ0) is 9.68. The fraction of sp³-hybridized carbons (Fsp3) is 0.500. The van der Waals surface area contributed by atoms with Crippen LogP contribution in [0.2, 0.25) is 0 Å². The van der Waals surface area contributed by atoms with E-state index < -0.39 is 0 Å². The Bertz CT molecular complexity index is 265. The summed E-state index contributed by atoms with van der Waals surface area (Å²) < 4.78 is 1.79. The molecule has 0 radical (unpaired) electrons. The number of hydrogen-bond donors (Lipinski definition) is 1. The third-order valence-electron chi connectivity index (χ3n) is 1.91. The summed E-state index contributed by atoms with van der Waals surface area (Å²) >= 11 is 0. The highest BCUT2D eigenvalue weighted by molar-refractivity contribution is 5.33. The molecule has 0 bridgehead atoms. The first-order valence-electron chi connectivity index (χ1n) is 4.59. The molecule has 0 aliphatic carbocycles. The van der Waals surface area contributed by atoms with E-state index in [1.165, 1.54) is 0 Å². The molecule has 0 amide bonds. The van der Waals surface area contributed by atoms with E-state index in [4.69, 9.17) is 0 Å². The van der Waals surface area contributed by atoms with Crippen molar-refractivity contribution in [2.24, 2.45) is 7.05 Å². The van der Waals surface area contributed by atoms with E-state index in [0.29, 0.717) is 6.04 Å². The minimum Gasteiger partial charge on any atom is -0.366 e. The lowest BCUT2D eigenvalue weighted by atomic mass is 10.2. The van der Waals surface area contributed by atoms with Crippen LogP contribution in [0.25, 0.3) is 0 Å².